The van der Waals surface area contributed by atoms with Crippen molar-refractivity contribution in [1.82, 2.24) is 5.32 Å². The zero-order valence-electron chi connectivity index (χ0n) is 11.8. The highest BCUT2D eigenvalue weighted by Crippen LogP contribution is 2.16. The minimum atomic E-state index is -0.991. The number of rotatable bonds is 3. The van der Waals surface area contributed by atoms with Crippen molar-refractivity contribution in [2.24, 2.45) is 0 Å². The number of carboxylic acids is 1. The summed E-state index contributed by atoms with van der Waals surface area (Å²) in [4.78, 5) is 22.8. The first-order chi connectivity index (χ1) is 10.5. The van der Waals surface area contributed by atoms with Crippen LogP contribution in [0.3, 0.4) is 0 Å². The Labute approximate surface area is 133 Å². The largest absolute Gasteiger partial charge is 0.478 e. The topological polar surface area (TPSA) is 78.4 Å². The average Bonchev–Trinajstić information content (AvgIpc) is 2.50. The lowest BCUT2D eigenvalue weighted by Crippen LogP contribution is -2.34. The molecule has 22 heavy (non-hydrogen) atoms. The smallest absolute Gasteiger partial charge is 0.335 e. The van der Waals surface area contributed by atoms with Crippen LogP contribution in [0.2, 0.25) is 0 Å². The van der Waals surface area contributed by atoms with Crippen molar-refractivity contribution in [1.29, 1.82) is 0 Å². The van der Waals surface area contributed by atoms with E-state index in [2.05, 4.69) is 10.6 Å². The van der Waals surface area contributed by atoms with Crippen LogP contribution < -0.4 is 10.6 Å². The van der Waals surface area contributed by atoms with Crippen LogP contribution in [0.5, 0.6) is 0 Å². The van der Waals surface area contributed by atoms with E-state index >= 15 is 0 Å². The number of hydrogen-bond donors (Lipinski definition) is 3. The summed E-state index contributed by atoms with van der Waals surface area (Å²) >= 11 is 5.10. The molecule has 112 valence electrons. The molecule has 0 aromatic heterocycles. The van der Waals surface area contributed by atoms with Gasteiger partial charge in [0.05, 0.1) is 5.56 Å². The van der Waals surface area contributed by atoms with Gasteiger partial charge in [-0.25, -0.2) is 4.79 Å². The van der Waals surface area contributed by atoms with Gasteiger partial charge in [-0.05, 0) is 55.0 Å². The molecule has 0 aliphatic heterocycles. The monoisotopic (exact) mass is 314 g/mol. The highest BCUT2D eigenvalue weighted by Gasteiger charge is 2.09. The normalized spacial score (nSPS) is 9.86. The van der Waals surface area contributed by atoms with Crippen molar-refractivity contribution >= 4 is 34.9 Å². The van der Waals surface area contributed by atoms with E-state index in [0.29, 0.717) is 11.3 Å². The Balaban J connectivity index is 2.03. The molecule has 1 amide bonds. The molecule has 0 unspecified atom stereocenters. The van der Waals surface area contributed by atoms with Crippen molar-refractivity contribution in [3.8, 4) is 0 Å². The molecule has 0 atom stereocenters. The molecule has 6 heteroatoms. The van der Waals surface area contributed by atoms with Gasteiger partial charge >= 0.3 is 5.97 Å². The molecule has 0 heterocycles. The number of amides is 1. The van der Waals surface area contributed by atoms with Gasteiger partial charge in [-0.3, -0.25) is 10.1 Å². The molecule has 0 aliphatic carbocycles. The number of carbonyl (C=O) groups is 2. The first-order valence-corrected chi connectivity index (χ1v) is 6.89. The number of nitrogens with one attached hydrogen (secondary N) is 2. The van der Waals surface area contributed by atoms with Gasteiger partial charge in [-0.15, -0.1) is 0 Å². The van der Waals surface area contributed by atoms with Crippen LogP contribution in [-0.4, -0.2) is 22.1 Å². The van der Waals surface area contributed by atoms with E-state index in [1.54, 1.807) is 37.3 Å². The Bertz CT molecular complexity index is 729. The molecule has 0 spiro atoms. The zero-order valence-corrected chi connectivity index (χ0v) is 12.6. The Kier molecular flexibility index (Phi) is 4.85. The fourth-order valence-corrected chi connectivity index (χ4v) is 2.06. The summed E-state index contributed by atoms with van der Waals surface area (Å²) in [6.45, 7) is 1.76. The van der Waals surface area contributed by atoms with Crippen LogP contribution >= 0.6 is 12.2 Å². The molecule has 2 aromatic carbocycles. The van der Waals surface area contributed by atoms with Gasteiger partial charge in [0.25, 0.3) is 5.91 Å². The van der Waals surface area contributed by atoms with Crippen LogP contribution in [0.4, 0.5) is 5.69 Å². The minimum Gasteiger partial charge on any atom is -0.478 e. The first-order valence-electron chi connectivity index (χ1n) is 6.48. The summed E-state index contributed by atoms with van der Waals surface area (Å²) in [5.74, 6) is -1.30. The van der Waals surface area contributed by atoms with E-state index in [4.69, 9.17) is 17.3 Å². The number of thiocarbonyl (C=S) groups is 1. The van der Waals surface area contributed by atoms with Crippen molar-refractivity contribution in [3.05, 3.63) is 65.2 Å². The summed E-state index contributed by atoms with van der Waals surface area (Å²) in [7, 11) is 0. The number of aryl methyl sites for hydroxylation is 1. The maximum atomic E-state index is 12.0. The van der Waals surface area contributed by atoms with Crippen molar-refractivity contribution in [3.63, 3.8) is 0 Å². The Hall–Kier alpha value is -2.73. The molecule has 3 N–H and O–H groups in total. The highest BCUT2D eigenvalue weighted by atomic mass is 32.1. The fourth-order valence-electron chi connectivity index (χ4n) is 1.86. The molecule has 2 rings (SSSR count). The molecule has 2 aromatic rings. The molecule has 5 nitrogen and oxygen atoms in total. The quantitative estimate of drug-likeness (QED) is 0.759. The molecular weight excluding hydrogens is 300 g/mol. The maximum absolute atomic E-state index is 12.0. The van der Waals surface area contributed by atoms with E-state index in [1.165, 1.54) is 12.1 Å². The fraction of sp³-hybridized carbons (Fsp3) is 0.0625. The second-order valence-electron chi connectivity index (χ2n) is 4.61. The Morgan fingerprint density at radius 1 is 1.05 bits per heavy atom. The summed E-state index contributed by atoms with van der Waals surface area (Å²) in [6, 6.07) is 13.3. The lowest BCUT2D eigenvalue weighted by molar-refractivity contribution is 0.0696. The van der Waals surface area contributed by atoms with Gasteiger partial charge in [-0.2, -0.15) is 0 Å². The van der Waals surface area contributed by atoms with Crippen molar-refractivity contribution < 1.29 is 14.7 Å². The van der Waals surface area contributed by atoms with Crippen LogP contribution in [0.25, 0.3) is 0 Å². The van der Waals surface area contributed by atoms with E-state index < -0.39 is 5.97 Å². The number of aromatic carboxylic acids is 1. The van der Waals surface area contributed by atoms with E-state index in [-0.39, 0.29) is 16.6 Å². The lowest BCUT2D eigenvalue weighted by Gasteiger charge is -2.12. The number of benzene rings is 2. The number of carbonyl (C=O) groups excluding carboxylic acids is 1. The van der Waals surface area contributed by atoms with Crippen molar-refractivity contribution in [2.45, 2.75) is 6.92 Å². The van der Waals surface area contributed by atoms with Crippen LogP contribution in [-0.2, 0) is 0 Å². The molecular formula is C16H14N2O3S. The second-order valence-corrected chi connectivity index (χ2v) is 5.02. The molecule has 0 aliphatic rings. The van der Waals surface area contributed by atoms with E-state index in [0.717, 1.165) is 5.56 Å². The number of carboxylic acid groups (broad SMARTS) is 1. The molecule has 0 radical (unpaired) electrons. The average molecular weight is 314 g/mol. The highest BCUT2D eigenvalue weighted by molar-refractivity contribution is 7.80. The van der Waals surface area contributed by atoms with Gasteiger partial charge in [-0.1, -0.05) is 18.2 Å². The molecule has 0 saturated carbocycles. The minimum absolute atomic E-state index is 0.153. The van der Waals surface area contributed by atoms with Gasteiger partial charge in [0, 0.05) is 11.3 Å². The summed E-state index contributed by atoms with van der Waals surface area (Å²) in [5, 5.41) is 14.5. The predicted molar refractivity (Wildman–Crippen MR) is 88.3 cm³/mol. The Morgan fingerprint density at radius 3 is 2.32 bits per heavy atom. The van der Waals surface area contributed by atoms with Gasteiger partial charge in [0.1, 0.15) is 0 Å². The first kappa shape index (κ1) is 15.7. The van der Waals surface area contributed by atoms with Gasteiger partial charge in [0.15, 0.2) is 5.11 Å². The predicted octanol–water partition coefficient (Wildman–Crippen LogP) is 2.82. The van der Waals surface area contributed by atoms with Gasteiger partial charge in [0.2, 0.25) is 0 Å². The molecule has 0 bridgehead atoms. The summed E-state index contributed by atoms with van der Waals surface area (Å²) in [5.41, 5.74) is 2.06. The summed E-state index contributed by atoms with van der Waals surface area (Å²) < 4.78 is 0. The lowest BCUT2D eigenvalue weighted by atomic mass is 10.1. The zero-order chi connectivity index (χ0) is 16.1. The van der Waals surface area contributed by atoms with Crippen molar-refractivity contribution in [2.75, 3.05) is 5.32 Å². The molecule has 0 fully saturated rings. The van der Waals surface area contributed by atoms with E-state index in [1.807, 2.05) is 6.07 Å². The van der Waals surface area contributed by atoms with Crippen LogP contribution in [0.15, 0.2) is 48.5 Å². The van der Waals surface area contributed by atoms with Crippen LogP contribution in [0, 0.1) is 6.92 Å². The standard InChI is InChI=1S/C16H14N2O3S/c1-10-9-12(15(20)21)7-8-13(10)17-16(22)18-14(19)11-5-3-2-4-6-11/h2-9H,1H3,(H,20,21)(H2,17,18,19,22). The summed E-state index contributed by atoms with van der Waals surface area (Å²) in [6.07, 6.45) is 0. The third-order valence-corrected chi connectivity index (χ3v) is 3.19. The van der Waals surface area contributed by atoms with Gasteiger partial charge < -0.3 is 10.4 Å². The third kappa shape index (κ3) is 3.89. The maximum Gasteiger partial charge on any atom is 0.335 e. The van der Waals surface area contributed by atoms with Crippen LogP contribution in [0.1, 0.15) is 26.3 Å². The number of anilines is 1. The Morgan fingerprint density at radius 2 is 1.73 bits per heavy atom. The molecule has 0 saturated heterocycles. The number of hydrogen-bond acceptors (Lipinski definition) is 3. The van der Waals surface area contributed by atoms with E-state index in [9.17, 15) is 9.59 Å². The SMILES string of the molecule is Cc1cc(C(=O)O)ccc1NC(=S)NC(=O)c1ccccc1. The third-order valence-electron chi connectivity index (χ3n) is 2.98. The second kappa shape index (κ2) is 6.82.